The molecule has 3 rings (SSSR count). The third kappa shape index (κ3) is 1.44. The molecule has 0 aromatic heterocycles. The van der Waals surface area contributed by atoms with Crippen LogP contribution in [0.2, 0.25) is 0 Å². The van der Waals surface area contributed by atoms with Crippen molar-refractivity contribution in [1.29, 1.82) is 0 Å². The van der Waals surface area contributed by atoms with Crippen molar-refractivity contribution in [2.75, 3.05) is 0 Å². The van der Waals surface area contributed by atoms with Crippen molar-refractivity contribution in [3.8, 4) is 0 Å². The molecule has 2 heteroatoms. The number of carbonyl (C=O) groups is 1. The van der Waals surface area contributed by atoms with E-state index in [1.54, 1.807) is 0 Å². The van der Waals surface area contributed by atoms with Gasteiger partial charge in [0.05, 0.1) is 5.92 Å². The van der Waals surface area contributed by atoms with Crippen LogP contribution in [0, 0.1) is 11.3 Å². The van der Waals surface area contributed by atoms with E-state index in [9.17, 15) is 4.79 Å². The second-order valence-electron chi connectivity index (χ2n) is 5.31. The molecule has 1 N–H and O–H groups in total. The Morgan fingerprint density at radius 1 is 1.25 bits per heavy atom. The summed E-state index contributed by atoms with van der Waals surface area (Å²) in [6.45, 7) is 0. The molecule has 0 aliphatic heterocycles. The Labute approximate surface area is 95.3 Å². The molecular weight excluding hydrogens is 200 g/mol. The molecule has 3 unspecified atom stereocenters. The number of carboxylic acids is 1. The van der Waals surface area contributed by atoms with Gasteiger partial charge in [0.1, 0.15) is 0 Å². The maximum Gasteiger partial charge on any atom is 0.307 e. The highest BCUT2D eigenvalue weighted by Crippen LogP contribution is 2.65. The lowest BCUT2D eigenvalue weighted by molar-refractivity contribution is -0.139. The maximum atomic E-state index is 11.0. The number of hydrogen-bond donors (Lipinski definition) is 1. The van der Waals surface area contributed by atoms with Gasteiger partial charge in [-0.15, -0.1) is 0 Å². The highest BCUT2D eigenvalue weighted by Gasteiger charge is 2.61. The Hall–Kier alpha value is -1.31. The Bertz CT molecular complexity index is 412. The molecule has 0 heterocycles. The average Bonchev–Trinajstić information content (AvgIpc) is 2.82. The summed E-state index contributed by atoms with van der Waals surface area (Å²) in [5.74, 6) is -0.0551. The third-order valence-electron chi connectivity index (χ3n) is 4.40. The minimum atomic E-state index is -0.589. The van der Waals surface area contributed by atoms with Crippen LogP contribution < -0.4 is 0 Å². The van der Waals surface area contributed by atoms with Crippen LogP contribution in [0.25, 0.3) is 0 Å². The van der Waals surface area contributed by atoms with E-state index < -0.39 is 5.97 Å². The fourth-order valence-electron chi connectivity index (χ4n) is 3.36. The normalized spacial score (nSPS) is 36.5. The second kappa shape index (κ2) is 3.34. The molecule has 2 nitrogen and oxygen atoms in total. The van der Waals surface area contributed by atoms with Gasteiger partial charge in [0.25, 0.3) is 0 Å². The first-order valence-electron chi connectivity index (χ1n) is 5.99. The number of hydrogen-bond acceptors (Lipinski definition) is 1. The van der Waals surface area contributed by atoms with Gasteiger partial charge in [-0.2, -0.15) is 0 Å². The summed E-state index contributed by atoms with van der Waals surface area (Å²) in [5.41, 5.74) is 1.54. The Morgan fingerprint density at radius 2 is 2.00 bits per heavy atom. The van der Waals surface area contributed by atoms with E-state index in [1.165, 1.54) is 5.56 Å². The van der Waals surface area contributed by atoms with Crippen LogP contribution in [-0.4, -0.2) is 11.1 Å². The van der Waals surface area contributed by atoms with Gasteiger partial charge in [-0.25, -0.2) is 0 Å². The molecule has 0 amide bonds. The summed E-state index contributed by atoms with van der Waals surface area (Å²) < 4.78 is 0. The van der Waals surface area contributed by atoms with Gasteiger partial charge in [0.2, 0.25) is 0 Å². The zero-order chi connectivity index (χ0) is 11.2. The number of rotatable bonds is 2. The molecule has 3 atom stereocenters. The van der Waals surface area contributed by atoms with E-state index in [0.717, 1.165) is 25.7 Å². The summed E-state index contributed by atoms with van der Waals surface area (Å²) in [4.78, 5) is 11.0. The molecule has 0 saturated heterocycles. The summed E-state index contributed by atoms with van der Waals surface area (Å²) in [6, 6.07) is 10.5. The standard InChI is InChI=1S/C14H16O2/c15-13(16)12-9-14(12)7-6-11(8-14)10-4-2-1-3-5-10/h1-5,11-12H,6-9H2,(H,15,16). The lowest BCUT2D eigenvalue weighted by Crippen LogP contribution is -2.07. The monoisotopic (exact) mass is 216 g/mol. The molecule has 1 aromatic carbocycles. The van der Waals surface area contributed by atoms with Crippen molar-refractivity contribution in [3.63, 3.8) is 0 Å². The summed E-state index contributed by atoms with van der Waals surface area (Å²) in [7, 11) is 0. The first-order chi connectivity index (χ1) is 7.71. The van der Waals surface area contributed by atoms with Gasteiger partial charge in [0.15, 0.2) is 0 Å². The minimum absolute atomic E-state index is 0.0544. The van der Waals surface area contributed by atoms with Crippen molar-refractivity contribution in [3.05, 3.63) is 35.9 Å². The predicted molar refractivity (Wildman–Crippen MR) is 61.2 cm³/mol. The molecule has 2 fully saturated rings. The SMILES string of the molecule is O=C(O)C1CC12CCC(c1ccccc1)C2. The van der Waals surface area contributed by atoms with E-state index in [2.05, 4.69) is 24.3 Å². The van der Waals surface area contributed by atoms with Crippen LogP contribution in [0.5, 0.6) is 0 Å². The lowest BCUT2D eigenvalue weighted by Gasteiger charge is -2.10. The summed E-state index contributed by atoms with van der Waals surface area (Å²) in [5, 5.41) is 9.04. The summed E-state index contributed by atoms with van der Waals surface area (Å²) >= 11 is 0. The van der Waals surface area contributed by atoms with Gasteiger partial charge in [0, 0.05) is 0 Å². The topological polar surface area (TPSA) is 37.3 Å². The van der Waals surface area contributed by atoms with Crippen LogP contribution >= 0.6 is 0 Å². The van der Waals surface area contributed by atoms with Gasteiger partial charge < -0.3 is 5.11 Å². The van der Waals surface area contributed by atoms with E-state index in [-0.39, 0.29) is 11.3 Å². The highest BCUT2D eigenvalue weighted by molar-refractivity contribution is 5.75. The number of benzene rings is 1. The minimum Gasteiger partial charge on any atom is -0.481 e. The van der Waals surface area contributed by atoms with Crippen molar-refractivity contribution in [2.45, 2.75) is 31.6 Å². The quantitative estimate of drug-likeness (QED) is 0.825. The largest absolute Gasteiger partial charge is 0.481 e. The maximum absolute atomic E-state index is 11.0. The highest BCUT2D eigenvalue weighted by atomic mass is 16.4. The molecule has 1 spiro atoms. The average molecular weight is 216 g/mol. The second-order valence-corrected chi connectivity index (χ2v) is 5.31. The first-order valence-corrected chi connectivity index (χ1v) is 5.99. The zero-order valence-electron chi connectivity index (χ0n) is 9.23. The number of carboxylic acid groups (broad SMARTS) is 1. The van der Waals surface area contributed by atoms with Crippen molar-refractivity contribution in [2.24, 2.45) is 11.3 Å². The molecule has 84 valence electrons. The first kappa shape index (κ1) is 9.88. The van der Waals surface area contributed by atoms with Gasteiger partial charge >= 0.3 is 5.97 Å². The smallest absolute Gasteiger partial charge is 0.307 e. The molecule has 1 aromatic rings. The molecule has 2 saturated carbocycles. The lowest BCUT2D eigenvalue weighted by atomic mass is 9.94. The van der Waals surface area contributed by atoms with E-state index in [0.29, 0.717) is 5.92 Å². The fourth-order valence-corrected chi connectivity index (χ4v) is 3.36. The van der Waals surface area contributed by atoms with Gasteiger partial charge in [-0.3, -0.25) is 4.79 Å². The predicted octanol–water partition coefficient (Wildman–Crippen LogP) is 3.05. The Morgan fingerprint density at radius 3 is 2.62 bits per heavy atom. The molecule has 0 bridgehead atoms. The van der Waals surface area contributed by atoms with Crippen molar-refractivity contribution < 1.29 is 9.90 Å². The van der Waals surface area contributed by atoms with Gasteiger partial charge in [-0.05, 0) is 42.6 Å². The third-order valence-corrected chi connectivity index (χ3v) is 4.40. The van der Waals surface area contributed by atoms with Crippen LogP contribution in [0.1, 0.15) is 37.2 Å². The van der Waals surface area contributed by atoms with Crippen molar-refractivity contribution in [1.82, 2.24) is 0 Å². The van der Waals surface area contributed by atoms with Crippen LogP contribution in [0.15, 0.2) is 30.3 Å². The van der Waals surface area contributed by atoms with E-state index in [4.69, 9.17) is 5.11 Å². The summed E-state index contributed by atoms with van der Waals surface area (Å²) in [6.07, 6.45) is 4.25. The van der Waals surface area contributed by atoms with Crippen molar-refractivity contribution >= 4 is 5.97 Å². The molecule has 0 radical (unpaired) electrons. The van der Waals surface area contributed by atoms with Gasteiger partial charge in [-0.1, -0.05) is 30.3 Å². The van der Waals surface area contributed by atoms with Crippen LogP contribution in [0.3, 0.4) is 0 Å². The Balaban J connectivity index is 1.74. The number of aliphatic carboxylic acids is 1. The fraction of sp³-hybridized carbons (Fsp3) is 0.500. The molecule has 2 aliphatic rings. The Kier molecular flexibility index (Phi) is 2.06. The zero-order valence-corrected chi connectivity index (χ0v) is 9.23. The molecule has 16 heavy (non-hydrogen) atoms. The van der Waals surface area contributed by atoms with Crippen LogP contribution in [-0.2, 0) is 4.79 Å². The van der Waals surface area contributed by atoms with E-state index >= 15 is 0 Å². The van der Waals surface area contributed by atoms with Crippen LogP contribution in [0.4, 0.5) is 0 Å². The van der Waals surface area contributed by atoms with E-state index in [1.807, 2.05) is 6.07 Å². The molecular formula is C14H16O2. The molecule has 2 aliphatic carbocycles.